The normalized spacial score (nSPS) is 13.0. The highest BCUT2D eigenvalue weighted by molar-refractivity contribution is 6.35. The lowest BCUT2D eigenvalue weighted by atomic mass is 10.1. The van der Waals surface area contributed by atoms with Crippen molar-refractivity contribution in [2.75, 3.05) is 5.32 Å². The topological polar surface area (TPSA) is 70.6 Å². The van der Waals surface area contributed by atoms with Crippen LogP contribution >= 0.6 is 23.2 Å². The van der Waals surface area contributed by atoms with E-state index < -0.39 is 35.5 Å². The SMILES string of the molecule is C/C(=N\NC(=O)c1cc(Cl)cc(Cl)c1)c1cccc(NC(=O)C(F)(F)C(F)(F)C(F)(F)F)c1. The number of nitrogens with one attached hydrogen (secondary N) is 2. The standard InChI is InChI=1S/C19H12Cl2F7N3O2/c1-9(30-31-15(32)11-5-12(20)8-13(21)6-11)10-3-2-4-14(7-10)29-16(33)17(22,23)18(24,25)19(26,27)28/h2-8H,1H3,(H,29,33)(H,31,32)/b30-9+. The maximum atomic E-state index is 13.5. The van der Waals surface area contributed by atoms with Gasteiger partial charge in [-0.1, -0.05) is 35.3 Å². The lowest BCUT2D eigenvalue weighted by molar-refractivity contribution is -0.343. The predicted octanol–water partition coefficient (Wildman–Crippen LogP) is 5.92. The third-order valence-electron chi connectivity index (χ3n) is 4.02. The fourth-order valence-corrected chi connectivity index (χ4v) is 2.83. The molecular formula is C19H12Cl2F7N3O2. The van der Waals surface area contributed by atoms with E-state index in [-0.39, 0.29) is 26.9 Å². The van der Waals surface area contributed by atoms with Gasteiger partial charge in [-0.15, -0.1) is 0 Å². The van der Waals surface area contributed by atoms with Gasteiger partial charge in [0.25, 0.3) is 5.91 Å². The molecule has 2 N–H and O–H groups in total. The van der Waals surface area contributed by atoms with Gasteiger partial charge in [0.2, 0.25) is 0 Å². The summed E-state index contributed by atoms with van der Waals surface area (Å²) in [6.45, 7) is 1.36. The van der Waals surface area contributed by atoms with Crippen LogP contribution in [0.15, 0.2) is 47.6 Å². The summed E-state index contributed by atoms with van der Waals surface area (Å²) in [6.07, 6.45) is -6.65. The second kappa shape index (κ2) is 9.56. The van der Waals surface area contributed by atoms with Gasteiger partial charge in [0.1, 0.15) is 0 Å². The van der Waals surface area contributed by atoms with Crippen molar-refractivity contribution in [3.63, 3.8) is 0 Å². The van der Waals surface area contributed by atoms with Crippen LogP contribution in [0.5, 0.6) is 0 Å². The molecule has 0 saturated carbocycles. The van der Waals surface area contributed by atoms with Gasteiger partial charge in [0.15, 0.2) is 0 Å². The molecule has 0 atom stereocenters. The monoisotopic (exact) mass is 517 g/mol. The molecule has 2 aromatic rings. The summed E-state index contributed by atoms with van der Waals surface area (Å²) in [5.74, 6) is -16.2. The number of benzene rings is 2. The summed E-state index contributed by atoms with van der Waals surface area (Å²) in [5, 5.41) is 5.46. The van der Waals surface area contributed by atoms with Crippen molar-refractivity contribution >= 4 is 46.4 Å². The van der Waals surface area contributed by atoms with Gasteiger partial charge < -0.3 is 5.32 Å². The summed E-state index contributed by atoms with van der Waals surface area (Å²) in [7, 11) is 0. The summed E-state index contributed by atoms with van der Waals surface area (Å²) >= 11 is 11.6. The molecule has 2 amide bonds. The molecule has 14 heteroatoms. The molecule has 0 unspecified atom stereocenters. The van der Waals surface area contributed by atoms with Crippen LogP contribution in [0.1, 0.15) is 22.8 Å². The Morgan fingerprint density at radius 3 is 2.00 bits per heavy atom. The van der Waals surface area contributed by atoms with Gasteiger partial charge in [0, 0.05) is 21.3 Å². The first-order valence-electron chi connectivity index (χ1n) is 8.61. The fraction of sp³-hybridized carbons (Fsp3) is 0.211. The predicted molar refractivity (Wildman–Crippen MR) is 107 cm³/mol. The van der Waals surface area contributed by atoms with E-state index in [1.165, 1.54) is 42.6 Å². The third kappa shape index (κ3) is 5.93. The average molecular weight is 518 g/mol. The van der Waals surface area contributed by atoms with E-state index in [9.17, 15) is 40.3 Å². The van der Waals surface area contributed by atoms with Crippen molar-refractivity contribution in [3.05, 3.63) is 63.6 Å². The third-order valence-corrected chi connectivity index (χ3v) is 4.46. The van der Waals surface area contributed by atoms with E-state index in [4.69, 9.17) is 23.2 Å². The maximum absolute atomic E-state index is 13.5. The lowest BCUT2D eigenvalue weighted by Crippen LogP contribution is -2.57. The van der Waals surface area contributed by atoms with Crippen LogP contribution in [0.3, 0.4) is 0 Å². The number of carbonyl (C=O) groups is 2. The summed E-state index contributed by atoms with van der Waals surface area (Å²) in [5.41, 5.74) is 1.91. The molecule has 0 aliphatic rings. The highest BCUT2D eigenvalue weighted by Gasteiger charge is 2.76. The lowest BCUT2D eigenvalue weighted by Gasteiger charge is -2.27. The maximum Gasteiger partial charge on any atom is 0.460 e. The van der Waals surface area contributed by atoms with Crippen molar-refractivity contribution in [1.29, 1.82) is 0 Å². The minimum atomic E-state index is -6.65. The minimum absolute atomic E-state index is 0.0675. The Hall–Kier alpha value is -2.86. The molecule has 0 saturated heterocycles. The first-order chi connectivity index (χ1) is 15.1. The molecule has 2 aromatic carbocycles. The Kier molecular flexibility index (Phi) is 7.64. The van der Waals surface area contributed by atoms with Crippen LogP contribution < -0.4 is 10.7 Å². The highest BCUT2D eigenvalue weighted by atomic mass is 35.5. The van der Waals surface area contributed by atoms with Crippen LogP contribution in [0.4, 0.5) is 36.4 Å². The smallest absolute Gasteiger partial charge is 0.321 e. The molecule has 0 heterocycles. The largest absolute Gasteiger partial charge is 0.460 e. The zero-order valence-corrected chi connectivity index (χ0v) is 17.7. The number of halogens is 9. The zero-order chi connectivity index (χ0) is 25.2. The van der Waals surface area contributed by atoms with Crippen molar-refractivity contribution < 1.29 is 40.3 Å². The number of anilines is 1. The molecule has 0 aliphatic heterocycles. The second-order valence-electron chi connectivity index (χ2n) is 6.48. The van der Waals surface area contributed by atoms with Gasteiger partial charge in [-0.3, -0.25) is 9.59 Å². The number of hydrazone groups is 1. The Morgan fingerprint density at radius 1 is 0.879 bits per heavy atom. The zero-order valence-electron chi connectivity index (χ0n) is 16.2. The van der Waals surface area contributed by atoms with E-state index in [1.807, 2.05) is 0 Å². The molecule has 2 rings (SSSR count). The van der Waals surface area contributed by atoms with Crippen LogP contribution in [0, 0.1) is 0 Å². The Bertz CT molecular complexity index is 1080. The van der Waals surface area contributed by atoms with Crippen molar-refractivity contribution in [2.45, 2.75) is 24.9 Å². The number of alkyl halides is 7. The molecular weight excluding hydrogens is 506 g/mol. The second-order valence-corrected chi connectivity index (χ2v) is 7.35. The number of amides is 2. The molecule has 178 valence electrons. The number of rotatable bonds is 6. The van der Waals surface area contributed by atoms with Gasteiger partial charge in [-0.25, -0.2) is 5.43 Å². The van der Waals surface area contributed by atoms with Gasteiger partial charge in [0.05, 0.1) is 5.71 Å². The van der Waals surface area contributed by atoms with Crippen molar-refractivity contribution in [2.24, 2.45) is 5.10 Å². The van der Waals surface area contributed by atoms with Crippen LogP contribution in [-0.4, -0.2) is 35.5 Å². The van der Waals surface area contributed by atoms with Crippen molar-refractivity contribution in [1.82, 2.24) is 5.43 Å². The van der Waals surface area contributed by atoms with E-state index in [2.05, 4.69) is 10.5 Å². The number of hydrogen-bond donors (Lipinski definition) is 2. The molecule has 0 aliphatic carbocycles. The van der Waals surface area contributed by atoms with Crippen LogP contribution in [0.2, 0.25) is 10.0 Å². The van der Waals surface area contributed by atoms with Crippen molar-refractivity contribution in [3.8, 4) is 0 Å². The number of hydrogen-bond acceptors (Lipinski definition) is 3. The Morgan fingerprint density at radius 2 is 1.45 bits per heavy atom. The first-order valence-corrected chi connectivity index (χ1v) is 9.37. The van der Waals surface area contributed by atoms with E-state index >= 15 is 0 Å². The van der Waals surface area contributed by atoms with E-state index in [1.54, 1.807) is 0 Å². The van der Waals surface area contributed by atoms with Gasteiger partial charge >= 0.3 is 23.9 Å². The first kappa shape index (κ1) is 26.4. The number of carbonyl (C=O) groups excluding carboxylic acids is 2. The van der Waals surface area contributed by atoms with Crippen LogP contribution in [-0.2, 0) is 4.79 Å². The molecule has 0 bridgehead atoms. The molecule has 33 heavy (non-hydrogen) atoms. The van der Waals surface area contributed by atoms with E-state index in [0.717, 1.165) is 12.1 Å². The molecule has 0 aromatic heterocycles. The molecule has 5 nitrogen and oxygen atoms in total. The highest BCUT2D eigenvalue weighted by Crippen LogP contribution is 2.46. The minimum Gasteiger partial charge on any atom is -0.321 e. The molecule has 0 radical (unpaired) electrons. The van der Waals surface area contributed by atoms with E-state index in [0.29, 0.717) is 0 Å². The Labute approximate surface area is 191 Å². The van der Waals surface area contributed by atoms with Gasteiger partial charge in [-0.2, -0.15) is 35.8 Å². The number of nitrogens with zero attached hydrogens (tertiary/aromatic N) is 1. The van der Waals surface area contributed by atoms with Crippen LogP contribution in [0.25, 0.3) is 0 Å². The fourth-order valence-electron chi connectivity index (χ4n) is 2.30. The summed E-state index contributed by atoms with van der Waals surface area (Å²) in [4.78, 5) is 23.6. The average Bonchev–Trinajstić information content (AvgIpc) is 2.70. The van der Waals surface area contributed by atoms with Gasteiger partial charge in [-0.05, 0) is 42.8 Å². The summed E-state index contributed by atoms with van der Waals surface area (Å²) < 4.78 is 89.7. The molecule has 0 fully saturated rings. The quantitative estimate of drug-likeness (QED) is 0.283. The molecule has 0 spiro atoms. The Balaban J connectivity index is 2.18. The summed E-state index contributed by atoms with van der Waals surface area (Å²) in [6, 6.07) is 8.48.